The molecule has 0 spiro atoms. The van der Waals surface area contributed by atoms with Gasteiger partial charge in [0.2, 0.25) is 0 Å². The lowest BCUT2D eigenvalue weighted by molar-refractivity contribution is -0.144. The number of rotatable bonds is 25. The van der Waals surface area contributed by atoms with Crippen molar-refractivity contribution in [2.24, 2.45) is 0 Å². The normalized spacial score (nSPS) is 11.2. The van der Waals surface area contributed by atoms with E-state index in [1.165, 1.54) is 57.8 Å². The van der Waals surface area contributed by atoms with Crippen molar-refractivity contribution in [2.75, 3.05) is 13.2 Å². The summed E-state index contributed by atoms with van der Waals surface area (Å²) in [6, 6.07) is 0. The predicted molar refractivity (Wildman–Crippen MR) is 139 cm³/mol. The number of ether oxygens (including phenoxy) is 2. The molecule has 0 fully saturated rings. The molecule has 0 saturated heterocycles. The van der Waals surface area contributed by atoms with Crippen LogP contribution in [-0.2, 0) is 19.1 Å². The van der Waals surface area contributed by atoms with Crippen molar-refractivity contribution >= 4 is 11.9 Å². The van der Waals surface area contributed by atoms with Gasteiger partial charge in [0.1, 0.15) is 0 Å². The van der Waals surface area contributed by atoms with E-state index in [2.05, 4.69) is 26.0 Å². The average molecular weight is 467 g/mol. The van der Waals surface area contributed by atoms with E-state index >= 15 is 0 Å². The summed E-state index contributed by atoms with van der Waals surface area (Å²) in [4.78, 5) is 23.5. The zero-order chi connectivity index (χ0) is 24.2. The molecule has 0 radical (unpaired) electrons. The molecule has 0 aromatic heterocycles. The van der Waals surface area contributed by atoms with Crippen LogP contribution in [-0.4, -0.2) is 25.2 Å². The van der Waals surface area contributed by atoms with Gasteiger partial charge in [-0.25, -0.2) is 0 Å². The number of esters is 2. The monoisotopic (exact) mass is 466 g/mol. The maximum absolute atomic E-state index is 11.8. The van der Waals surface area contributed by atoms with Crippen LogP contribution < -0.4 is 0 Å². The van der Waals surface area contributed by atoms with Crippen LogP contribution in [0, 0.1) is 0 Å². The lowest BCUT2D eigenvalue weighted by atomic mass is 10.1. The number of allylic oxidation sites excluding steroid dienone is 2. The minimum absolute atomic E-state index is 0.0456. The highest BCUT2D eigenvalue weighted by atomic mass is 16.5. The summed E-state index contributed by atoms with van der Waals surface area (Å²) < 4.78 is 10.6. The van der Waals surface area contributed by atoms with Crippen molar-refractivity contribution in [1.29, 1.82) is 0 Å². The van der Waals surface area contributed by atoms with Crippen molar-refractivity contribution in [1.82, 2.24) is 0 Å². The van der Waals surface area contributed by atoms with E-state index < -0.39 is 0 Å². The first-order chi connectivity index (χ1) is 16.2. The zero-order valence-electron chi connectivity index (χ0n) is 22.1. The highest BCUT2D eigenvalue weighted by Crippen LogP contribution is 2.11. The second kappa shape index (κ2) is 26.9. The lowest BCUT2D eigenvalue weighted by Gasteiger charge is -2.06. The molecular formula is C29H54O4. The average Bonchev–Trinajstić information content (AvgIpc) is 2.81. The number of carbonyl (C=O) groups excluding carboxylic acids is 2. The van der Waals surface area contributed by atoms with Crippen molar-refractivity contribution in [3.05, 3.63) is 12.2 Å². The van der Waals surface area contributed by atoms with E-state index in [0.29, 0.717) is 26.1 Å². The number of unbranched alkanes of at least 4 members (excludes halogenated alkanes) is 15. The van der Waals surface area contributed by atoms with Crippen molar-refractivity contribution < 1.29 is 19.1 Å². The Balaban J connectivity index is 3.30. The number of hydrogen-bond donors (Lipinski definition) is 0. The van der Waals surface area contributed by atoms with Crippen LogP contribution >= 0.6 is 0 Å². The molecule has 0 atom stereocenters. The fourth-order valence-corrected chi connectivity index (χ4v) is 3.77. The Morgan fingerprint density at radius 3 is 1.42 bits per heavy atom. The SMILES string of the molecule is CCCCC/C=C/CCCOC(=O)CCCCCCCCC(=O)OCCCCCCCCC. The van der Waals surface area contributed by atoms with Crippen molar-refractivity contribution in [3.8, 4) is 0 Å². The van der Waals surface area contributed by atoms with Crippen LogP contribution in [0.3, 0.4) is 0 Å². The first-order valence-corrected chi connectivity index (χ1v) is 14.2. The van der Waals surface area contributed by atoms with Gasteiger partial charge in [-0.2, -0.15) is 0 Å². The van der Waals surface area contributed by atoms with E-state index in [0.717, 1.165) is 64.2 Å². The molecule has 0 aliphatic carbocycles. The molecule has 0 aromatic rings. The van der Waals surface area contributed by atoms with Gasteiger partial charge in [-0.3, -0.25) is 9.59 Å². The Morgan fingerprint density at radius 1 is 0.485 bits per heavy atom. The second-order valence-electron chi connectivity index (χ2n) is 9.29. The molecule has 0 heterocycles. The first kappa shape index (κ1) is 31.7. The molecule has 0 saturated carbocycles. The standard InChI is InChI=1S/C29H54O4/c1-3-5-7-9-11-15-19-23-27-33-29(31)25-21-17-13-12-16-20-24-28(30)32-26-22-18-14-10-8-6-4-2/h11,15H,3-10,12-14,16-27H2,1-2H3/b15-11+. The number of carbonyl (C=O) groups is 2. The van der Waals surface area contributed by atoms with Gasteiger partial charge in [-0.15, -0.1) is 0 Å². The zero-order valence-corrected chi connectivity index (χ0v) is 22.1. The number of hydrogen-bond acceptors (Lipinski definition) is 4. The van der Waals surface area contributed by atoms with E-state index in [1.54, 1.807) is 0 Å². The largest absolute Gasteiger partial charge is 0.466 e. The molecule has 0 N–H and O–H groups in total. The molecule has 0 unspecified atom stereocenters. The molecule has 0 bridgehead atoms. The molecule has 194 valence electrons. The summed E-state index contributed by atoms with van der Waals surface area (Å²) in [6.07, 6.45) is 27.2. The van der Waals surface area contributed by atoms with E-state index in [4.69, 9.17) is 9.47 Å². The van der Waals surface area contributed by atoms with Crippen molar-refractivity contribution in [3.63, 3.8) is 0 Å². The molecule has 4 heteroatoms. The minimum atomic E-state index is -0.0642. The summed E-state index contributed by atoms with van der Waals surface area (Å²) >= 11 is 0. The van der Waals surface area contributed by atoms with E-state index in [1.807, 2.05) is 0 Å². The lowest BCUT2D eigenvalue weighted by Crippen LogP contribution is -2.06. The van der Waals surface area contributed by atoms with Crippen LogP contribution in [0.1, 0.15) is 149 Å². The summed E-state index contributed by atoms with van der Waals surface area (Å²) in [5.41, 5.74) is 0. The molecular weight excluding hydrogens is 412 g/mol. The van der Waals surface area contributed by atoms with Crippen LogP contribution in [0.5, 0.6) is 0 Å². The Bertz CT molecular complexity index is 459. The maximum atomic E-state index is 11.8. The third-order valence-electron chi connectivity index (χ3n) is 5.94. The van der Waals surface area contributed by atoms with Gasteiger partial charge in [-0.05, 0) is 44.9 Å². The highest BCUT2D eigenvalue weighted by Gasteiger charge is 2.04. The predicted octanol–water partition coefficient (Wildman–Crippen LogP) is 8.86. The molecule has 33 heavy (non-hydrogen) atoms. The Hall–Kier alpha value is -1.32. The smallest absolute Gasteiger partial charge is 0.305 e. The highest BCUT2D eigenvalue weighted by molar-refractivity contribution is 5.69. The fourth-order valence-electron chi connectivity index (χ4n) is 3.77. The fraction of sp³-hybridized carbons (Fsp3) is 0.862. The third kappa shape index (κ3) is 26.8. The summed E-state index contributed by atoms with van der Waals surface area (Å²) in [5.74, 6) is -0.110. The quantitative estimate of drug-likeness (QED) is 0.0765. The molecule has 4 nitrogen and oxygen atoms in total. The third-order valence-corrected chi connectivity index (χ3v) is 5.94. The van der Waals surface area contributed by atoms with Gasteiger partial charge < -0.3 is 9.47 Å². The maximum Gasteiger partial charge on any atom is 0.305 e. The summed E-state index contributed by atoms with van der Waals surface area (Å²) in [6.45, 7) is 5.57. The first-order valence-electron chi connectivity index (χ1n) is 14.2. The molecule has 0 amide bonds. The van der Waals surface area contributed by atoms with Gasteiger partial charge in [0.25, 0.3) is 0 Å². The van der Waals surface area contributed by atoms with Crippen LogP contribution in [0.2, 0.25) is 0 Å². The minimum Gasteiger partial charge on any atom is -0.466 e. The molecule has 0 aliphatic rings. The van der Waals surface area contributed by atoms with Crippen LogP contribution in [0.4, 0.5) is 0 Å². The van der Waals surface area contributed by atoms with Gasteiger partial charge >= 0.3 is 11.9 Å². The van der Waals surface area contributed by atoms with E-state index in [-0.39, 0.29) is 11.9 Å². The summed E-state index contributed by atoms with van der Waals surface area (Å²) in [7, 11) is 0. The Kier molecular flexibility index (Phi) is 25.9. The van der Waals surface area contributed by atoms with Gasteiger partial charge in [0.05, 0.1) is 13.2 Å². The van der Waals surface area contributed by atoms with Gasteiger partial charge in [-0.1, -0.05) is 103 Å². The molecule has 0 aromatic carbocycles. The van der Waals surface area contributed by atoms with Crippen LogP contribution in [0.25, 0.3) is 0 Å². The Morgan fingerprint density at radius 2 is 0.879 bits per heavy atom. The van der Waals surface area contributed by atoms with Gasteiger partial charge in [0.15, 0.2) is 0 Å². The Labute approximate surface area is 205 Å². The van der Waals surface area contributed by atoms with Crippen molar-refractivity contribution in [2.45, 2.75) is 149 Å². The molecule has 0 aliphatic heterocycles. The molecule has 0 rings (SSSR count). The van der Waals surface area contributed by atoms with E-state index in [9.17, 15) is 9.59 Å². The second-order valence-corrected chi connectivity index (χ2v) is 9.29. The van der Waals surface area contributed by atoms with Gasteiger partial charge in [0, 0.05) is 12.8 Å². The summed E-state index contributed by atoms with van der Waals surface area (Å²) in [5, 5.41) is 0. The topological polar surface area (TPSA) is 52.6 Å². The van der Waals surface area contributed by atoms with Crippen LogP contribution in [0.15, 0.2) is 12.2 Å².